The van der Waals surface area contributed by atoms with E-state index in [9.17, 15) is 9.90 Å². The summed E-state index contributed by atoms with van der Waals surface area (Å²) in [7, 11) is 0. The van der Waals surface area contributed by atoms with Crippen LogP contribution in [0.2, 0.25) is 0 Å². The van der Waals surface area contributed by atoms with Gasteiger partial charge in [-0.3, -0.25) is 4.79 Å². The quantitative estimate of drug-likeness (QED) is 0.724. The van der Waals surface area contributed by atoms with Crippen LogP contribution in [0.5, 0.6) is 11.5 Å². The smallest absolute Gasteiger partial charge is 0.311 e. The van der Waals surface area contributed by atoms with Crippen molar-refractivity contribution in [3.63, 3.8) is 0 Å². The van der Waals surface area contributed by atoms with Crippen LogP contribution in [0.25, 0.3) is 0 Å². The molecule has 4 heteroatoms. The maximum Gasteiger partial charge on any atom is 0.311 e. The summed E-state index contributed by atoms with van der Waals surface area (Å²) in [4.78, 5) is 11.9. The molecule has 0 heterocycles. The summed E-state index contributed by atoms with van der Waals surface area (Å²) in [6.45, 7) is 7.15. The van der Waals surface area contributed by atoms with E-state index < -0.39 is 11.9 Å². The molecule has 0 radical (unpaired) electrons. The van der Waals surface area contributed by atoms with Crippen molar-refractivity contribution >= 4 is 5.97 Å². The Morgan fingerprint density at radius 3 is 2.48 bits per heavy atom. The van der Waals surface area contributed by atoms with Crippen LogP contribution in [0.3, 0.4) is 0 Å². The fourth-order valence-electron chi connectivity index (χ4n) is 2.84. The van der Waals surface area contributed by atoms with E-state index in [0.717, 1.165) is 34.6 Å². The highest BCUT2D eigenvalue weighted by molar-refractivity contribution is 5.77. The van der Waals surface area contributed by atoms with Gasteiger partial charge in [0.2, 0.25) is 0 Å². The molecule has 134 valence electrons. The van der Waals surface area contributed by atoms with Gasteiger partial charge in [-0.2, -0.15) is 0 Å². The molecule has 0 saturated heterocycles. The van der Waals surface area contributed by atoms with E-state index in [2.05, 4.69) is 6.92 Å². The second-order valence-electron chi connectivity index (χ2n) is 6.04. The van der Waals surface area contributed by atoms with Crippen LogP contribution in [-0.4, -0.2) is 24.3 Å². The lowest BCUT2D eigenvalue weighted by atomic mass is 9.89. The average Bonchev–Trinajstić information content (AvgIpc) is 2.59. The first kappa shape index (κ1) is 18.8. The highest BCUT2D eigenvalue weighted by Gasteiger charge is 2.22. The monoisotopic (exact) mass is 342 g/mol. The second-order valence-corrected chi connectivity index (χ2v) is 6.04. The minimum Gasteiger partial charge on any atom is -0.494 e. The molecular weight excluding hydrogens is 316 g/mol. The van der Waals surface area contributed by atoms with Gasteiger partial charge in [-0.1, -0.05) is 25.1 Å². The molecule has 0 aromatic heterocycles. The molecule has 1 N–H and O–H groups in total. The first-order valence-corrected chi connectivity index (χ1v) is 8.73. The molecule has 25 heavy (non-hydrogen) atoms. The molecular formula is C21H26O4. The van der Waals surface area contributed by atoms with E-state index in [1.807, 2.05) is 56.3 Å². The number of rotatable bonds is 9. The Hall–Kier alpha value is -2.49. The van der Waals surface area contributed by atoms with Gasteiger partial charge in [-0.05, 0) is 67.6 Å². The van der Waals surface area contributed by atoms with Crippen LogP contribution >= 0.6 is 0 Å². The summed E-state index contributed by atoms with van der Waals surface area (Å²) >= 11 is 0. The third-order valence-electron chi connectivity index (χ3n) is 4.04. The van der Waals surface area contributed by atoms with Crippen molar-refractivity contribution < 1.29 is 19.4 Å². The molecule has 2 aromatic rings. The van der Waals surface area contributed by atoms with E-state index in [1.54, 1.807) is 0 Å². The van der Waals surface area contributed by atoms with Crippen molar-refractivity contribution in [2.75, 3.05) is 13.2 Å². The summed E-state index contributed by atoms with van der Waals surface area (Å²) in [6.07, 6.45) is 1.36. The maximum atomic E-state index is 11.9. The van der Waals surface area contributed by atoms with E-state index in [4.69, 9.17) is 9.47 Å². The third-order valence-corrected chi connectivity index (χ3v) is 4.04. The molecule has 0 aliphatic heterocycles. The molecule has 0 spiro atoms. The van der Waals surface area contributed by atoms with Gasteiger partial charge in [0, 0.05) is 0 Å². The van der Waals surface area contributed by atoms with Crippen LogP contribution in [0.1, 0.15) is 42.9 Å². The number of benzene rings is 2. The lowest BCUT2D eigenvalue weighted by Gasteiger charge is -2.17. The Balaban J connectivity index is 2.23. The zero-order valence-electron chi connectivity index (χ0n) is 15.1. The summed E-state index contributed by atoms with van der Waals surface area (Å²) in [5.41, 5.74) is 2.70. The lowest BCUT2D eigenvalue weighted by Crippen LogP contribution is -2.16. The summed E-state index contributed by atoms with van der Waals surface area (Å²) in [5, 5.41) is 9.73. The van der Waals surface area contributed by atoms with Gasteiger partial charge in [0.1, 0.15) is 11.5 Å². The number of ether oxygens (including phenoxy) is 2. The molecule has 0 aliphatic carbocycles. The molecule has 2 rings (SSSR count). The molecule has 0 bridgehead atoms. The van der Waals surface area contributed by atoms with Crippen molar-refractivity contribution in [2.45, 2.75) is 39.5 Å². The van der Waals surface area contributed by atoms with Gasteiger partial charge >= 0.3 is 5.97 Å². The first-order chi connectivity index (χ1) is 12.0. The van der Waals surface area contributed by atoms with Crippen molar-refractivity contribution in [3.8, 4) is 11.5 Å². The second kappa shape index (κ2) is 9.11. The van der Waals surface area contributed by atoms with E-state index in [1.165, 1.54) is 0 Å². The highest BCUT2D eigenvalue weighted by atomic mass is 16.5. The summed E-state index contributed by atoms with van der Waals surface area (Å²) < 4.78 is 11.1. The van der Waals surface area contributed by atoms with Crippen molar-refractivity contribution in [1.82, 2.24) is 0 Å². The Labute approximate surface area is 149 Å². The van der Waals surface area contributed by atoms with Crippen molar-refractivity contribution in [3.05, 3.63) is 59.2 Å². The van der Waals surface area contributed by atoms with E-state index in [-0.39, 0.29) is 0 Å². The van der Waals surface area contributed by atoms with Gasteiger partial charge in [0.05, 0.1) is 19.1 Å². The Morgan fingerprint density at radius 1 is 1.08 bits per heavy atom. The molecule has 1 atom stereocenters. The standard InChI is InChI=1S/C21H26O4/c1-4-11-25-17-8-6-7-16(13-17)14-20(21(22)23)19-10-9-18(24-5-2)12-15(19)3/h6-10,12-13,20H,4-5,11,14H2,1-3H3,(H,22,23). The Kier molecular flexibility index (Phi) is 6.87. The highest BCUT2D eigenvalue weighted by Crippen LogP contribution is 2.28. The number of aryl methyl sites for hydroxylation is 1. The fraction of sp³-hybridized carbons (Fsp3) is 0.381. The zero-order valence-corrected chi connectivity index (χ0v) is 15.1. The van der Waals surface area contributed by atoms with Gasteiger partial charge in [0.15, 0.2) is 0 Å². The van der Waals surface area contributed by atoms with Crippen molar-refractivity contribution in [2.24, 2.45) is 0 Å². The molecule has 2 aromatic carbocycles. The summed E-state index contributed by atoms with van der Waals surface area (Å²) in [6, 6.07) is 13.3. The minimum absolute atomic E-state index is 0.424. The summed E-state index contributed by atoms with van der Waals surface area (Å²) in [5.74, 6) is 0.124. The SMILES string of the molecule is CCCOc1cccc(CC(C(=O)O)c2ccc(OCC)cc2C)c1. The Bertz CT molecular complexity index is 709. The predicted molar refractivity (Wildman–Crippen MR) is 98.7 cm³/mol. The minimum atomic E-state index is -0.827. The maximum absolute atomic E-state index is 11.9. The van der Waals surface area contributed by atoms with Gasteiger partial charge in [-0.25, -0.2) is 0 Å². The Morgan fingerprint density at radius 2 is 1.84 bits per heavy atom. The van der Waals surface area contributed by atoms with Crippen molar-refractivity contribution in [1.29, 1.82) is 0 Å². The van der Waals surface area contributed by atoms with Crippen LogP contribution in [0, 0.1) is 6.92 Å². The number of aliphatic carboxylic acids is 1. The van der Waals surface area contributed by atoms with Gasteiger partial charge < -0.3 is 14.6 Å². The van der Waals surface area contributed by atoms with Gasteiger partial charge in [0.25, 0.3) is 0 Å². The number of carbonyl (C=O) groups is 1. The largest absolute Gasteiger partial charge is 0.494 e. The molecule has 0 saturated carbocycles. The van der Waals surface area contributed by atoms with E-state index in [0.29, 0.717) is 19.6 Å². The normalized spacial score (nSPS) is 11.8. The molecule has 0 aliphatic rings. The van der Waals surface area contributed by atoms with Gasteiger partial charge in [-0.15, -0.1) is 0 Å². The number of carboxylic acids is 1. The van der Waals surface area contributed by atoms with Crippen LogP contribution < -0.4 is 9.47 Å². The third kappa shape index (κ3) is 5.24. The van der Waals surface area contributed by atoms with Crippen LogP contribution in [0.4, 0.5) is 0 Å². The lowest BCUT2D eigenvalue weighted by molar-refractivity contribution is -0.138. The number of hydrogen-bond acceptors (Lipinski definition) is 3. The average molecular weight is 342 g/mol. The molecule has 0 fully saturated rings. The predicted octanol–water partition coefficient (Wildman–Crippen LogP) is 4.59. The van der Waals surface area contributed by atoms with Crippen LogP contribution in [0.15, 0.2) is 42.5 Å². The number of hydrogen-bond donors (Lipinski definition) is 1. The number of carboxylic acid groups (broad SMARTS) is 1. The van der Waals surface area contributed by atoms with Crippen LogP contribution in [-0.2, 0) is 11.2 Å². The molecule has 1 unspecified atom stereocenters. The topological polar surface area (TPSA) is 55.8 Å². The molecule has 4 nitrogen and oxygen atoms in total. The first-order valence-electron chi connectivity index (χ1n) is 8.73. The van der Waals surface area contributed by atoms with E-state index >= 15 is 0 Å². The molecule has 0 amide bonds. The zero-order chi connectivity index (χ0) is 18.2. The fourth-order valence-corrected chi connectivity index (χ4v) is 2.84.